The van der Waals surface area contributed by atoms with Gasteiger partial charge in [-0.05, 0) is 24.3 Å². The van der Waals surface area contributed by atoms with Gasteiger partial charge in [0.2, 0.25) is 0 Å². The lowest BCUT2D eigenvalue weighted by Gasteiger charge is -2.23. The molecule has 2 rings (SSSR count). The number of rotatable bonds is 7. The van der Waals surface area contributed by atoms with Crippen LogP contribution in [0.25, 0.3) is 0 Å². The van der Waals surface area contributed by atoms with Gasteiger partial charge in [0.1, 0.15) is 6.54 Å². The second kappa shape index (κ2) is 7.81. The van der Waals surface area contributed by atoms with E-state index in [0.29, 0.717) is 11.4 Å². The number of benzene rings is 2. The SMILES string of the molecule is O=C(O)CN(OC(=O)CN(O)c1ccccc1)c1ccccc1. The highest BCUT2D eigenvalue weighted by atomic mass is 16.7. The van der Waals surface area contributed by atoms with Gasteiger partial charge >= 0.3 is 11.9 Å². The Balaban J connectivity index is 2.01. The molecule has 0 saturated heterocycles. The van der Waals surface area contributed by atoms with E-state index >= 15 is 0 Å². The third kappa shape index (κ3) is 5.01. The summed E-state index contributed by atoms with van der Waals surface area (Å²) in [7, 11) is 0. The minimum atomic E-state index is -1.15. The molecule has 0 atom stereocenters. The van der Waals surface area contributed by atoms with E-state index in [1.54, 1.807) is 60.7 Å². The first-order valence-corrected chi connectivity index (χ1v) is 6.83. The lowest BCUT2D eigenvalue weighted by Crippen LogP contribution is -2.36. The van der Waals surface area contributed by atoms with Crippen molar-refractivity contribution in [3.05, 3.63) is 60.7 Å². The van der Waals surface area contributed by atoms with E-state index in [-0.39, 0.29) is 0 Å². The molecule has 2 aromatic rings. The maximum Gasteiger partial charge on any atom is 0.354 e. The van der Waals surface area contributed by atoms with Gasteiger partial charge < -0.3 is 9.94 Å². The number of hydrogen-bond donors (Lipinski definition) is 2. The third-order valence-electron chi connectivity index (χ3n) is 2.87. The normalized spacial score (nSPS) is 9.96. The Bertz CT molecular complexity index is 648. The van der Waals surface area contributed by atoms with E-state index in [2.05, 4.69) is 0 Å². The Morgan fingerprint density at radius 1 is 0.870 bits per heavy atom. The molecule has 0 unspecified atom stereocenters. The molecule has 0 heterocycles. The monoisotopic (exact) mass is 316 g/mol. The second-order valence-corrected chi connectivity index (χ2v) is 4.62. The first-order chi connectivity index (χ1) is 11.1. The fourth-order valence-corrected chi connectivity index (χ4v) is 1.86. The maximum absolute atomic E-state index is 11.9. The summed E-state index contributed by atoms with van der Waals surface area (Å²) in [6.07, 6.45) is 0. The van der Waals surface area contributed by atoms with Crippen LogP contribution in [0.4, 0.5) is 11.4 Å². The summed E-state index contributed by atoms with van der Waals surface area (Å²) in [6.45, 7) is -0.945. The first kappa shape index (κ1) is 16.3. The van der Waals surface area contributed by atoms with Crippen molar-refractivity contribution in [1.82, 2.24) is 0 Å². The fraction of sp³-hybridized carbons (Fsp3) is 0.125. The smallest absolute Gasteiger partial charge is 0.354 e. The van der Waals surface area contributed by atoms with Gasteiger partial charge in [0, 0.05) is 0 Å². The van der Waals surface area contributed by atoms with E-state index in [9.17, 15) is 14.8 Å². The molecule has 120 valence electrons. The van der Waals surface area contributed by atoms with Crippen LogP contribution in [0.1, 0.15) is 0 Å². The molecule has 0 saturated carbocycles. The summed E-state index contributed by atoms with van der Waals surface area (Å²) in [5, 5.41) is 20.5. The molecular weight excluding hydrogens is 300 g/mol. The average Bonchev–Trinajstić information content (AvgIpc) is 2.55. The molecule has 2 N–H and O–H groups in total. The highest BCUT2D eigenvalue weighted by Gasteiger charge is 2.18. The summed E-state index contributed by atoms with van der Waals surface area (Å²) in [6, 6.07) is 16.8. The van der Waals surface area contributed by atoms with Gasteiger partial charge in [-0.25, -0.2) is 9.86 Å². The van der Waals surface area contributed by atoms with Gasteiger partial charge in [-0.2, -0.15) is 5.06 Å². The van der Waals surface area contributed by atoms with Crippen LogP contribution in [0.5, 0.6) is 0 Å². The quantitative estimate of drug-likeness (QED) is 0.754. The van der Waals surface area contributed by atoms with Crippen LogP contribution >= 0.6 is 0 Å². The van der Waals surface area contributed by atoms with Crippen LogP contribution in [-0.4, -0.2) is 35.3 Å². The highest BCUT2D eigenvalue weighted by molar-refractivity contribution is 5.78. The van der Waals surface area contributed by atoms with Gasteiger partial charge in [0.25, 0.3) is 0 Å². The third-order valence-corrected chi connectivity index (χ3v) is 2.87. The van der Waals surface area contributed by atoms with E-state index in [1.165, 1.54) is 0 Å². The minimum Gasteiger partial charge on any atom is -0.480 e. The molecule has 0 amide bonds. The minimum absolute atomic E-state index is 0.424. The topological polar surface area (TPSA) is 90.3 Å². The van der Waals surface area contributed by atoms with Crippen molar-refractivity contribution < 1.29 is 24.7 Å². The molecule has 0 radical (unpaired) electrons. The van der Waals surface area contributed by atoms with Crippen molar-refractivity contribution in [2.24, 2.45) is 0 Å². The Hall–Kier alpha value is -3.06. The molecule has 0 aliphatic heterocycles. The predicted molar refractivity (Wildman–Crippen MR) is 83.1 cm³/mol. The lowest BCUT2D eigenvalue weighted by molar-refractivity contribution is -0.146. The van der Waals surface area contributed by atoms with Crippen LogP contribution in [-0.2, 0) is 14.4 Å². The zero-order chi connectivity index (χ0) is 16.7. The number of para-hydroxylation sites is 2. The fourth-order valence-electron chi connectivity index (χ4n) is 1.86. The summed E-state index contributed by atoms with van der Waals surface area (Å²) in [5.41, 5.74) is 0.849. The number of hydroxylamine groups is 2. The van der Waals surface area contributed by atoms with Gasteiger partial charge in [-0.1, -0.05) is 36.4 Å². The summed E-state index contributed by atoms with van der Waals surface area (Å²) >= 11 is 0. The van der Waals surface area contributed by atoms with E-state index < -0.39 is 25.0 Å². The van der Waals surface area contributed by atoms with Crippen LogP contribution in [0.2, 0.25) is 0 Å². The zero-order valence-electron chi connectivity index (χ0n) is 12.2. The number of nitrogens with zero attached hydrogens (tertiary/aromatic N) is 2. The Labute approximate surface area is 132 Å². The molecular formula is C16H16N2O5. The van der Waals surface area contributed by atoms with Crippen molar-refractivity contribution in [2.45, 2.75) is 0 Å². The molecule has 0 spiro atoms. The van der Waals surface area contributed by atoms with Crippen LogP contribution < -0.4 is 10.1 Å². The Morgan fingerprint density at radius 2 is 1.39 bits per heavy atom. The van der Waals surface area contributed by atoms with Crippen LogP contribution in [0, 0.1) is 0 Å². The molecule has 0 aliphatic carbocycles. The molecule has 0 bridgehead atoms. The van der Waals surface area contributed by atoms with Gasteiger partial charge in [-0.15, -0.1) is 0 Å². The molecule has 7 heteroatoms. The molecule has 0 aromatic heterocycles. The average molecular weight is 316 g/mol. The molecule has 0 aliphatic rings. The molecule has 2 aromatic carbocycles. The van der Waals surface area contributed by atoms with Gasteiger partial charge in [-0.3, -0.25) is 10.0 Å². The number of hydrogen-bond acceptors (Lipinski definition) is 6. The summed E-state index contributed by atoms with van der Waals surface area (Å²) in [5.74, 6) is -1.94. The van der Waals surface area contributed by atoms with Crippen molar-refractivity contribution in [1.29, 1.82) is 0 Å². The first-order valence-electron chi connectivity index (χ1n) is 6.83. The summed E-state index contributed by atoms with van der Waals surface area (Å²) in [4.78, 5) is 27.9. The maximum atomic E-state index is 11.9. The number of aliphatic carboxylic acids is 1. The number of carboxylic acids is 1. The molecule has 7 nitrogen and oxygen atoms in total. The number of anilines is 2. The van der Waals surface area contributed by atoms with Gasteiger partial charge in [0.05, 0.1) is 11.4 Å². The van der Waals surface area contributed by atoms with Crippen LogP contribution in [0.15, 0.2) is 60.7 Å². The Kier molecular flexibility index (Phi) is 5.54. The number of carboxylic acid groups (broad SMARTS) is 1. The van der Waals surface area contributed by atoms with E-state index in [1.807, 2.05) is 0 Å². The highest BCUT2D eigenvalue weighted by Crippen LogP contribution is 2.15. The van der Waals surface area contributed by atoms with E-state index in [4.69, 9.17) is 9.94 Å². The van der Waals surface area contributed by atoms with Crippen molar-refractivity contribution in [2.75, 3.05) is 23.2 Å². The lowest BCUT2D eigenvalue weighted by atomic mass is 10.3. The zero-order valence-corrected chi connectivity index (χ0v) is 12.2. The van der Waals surface area contributed by atoms with Crippen LogP contribution in [0.3, 0.4) is 0 Å². The van der Waals surface area contributed by atoms with Crippen molar-refractivity contribution >= 4 is 23.3 Å². The Morgan fingerprint density at radius 3 is 1.91 bits per heavy atom. The molecule has 0 fully saturated rings. The largest absolute Gasteiger partial charge is 0.480 e. The predicted octanol–water partition coefficient (Wildman–Crippen LogP) is 1.93. The molecule has 23 heavy (non-hydrogen) atoms. The van der Waals surface area contributed by atoms with E-state index in [0.717, 1.165) is 10.1 Å². The van der Waals surface area contributed by atoms with Crippen molar-refractivity contribution in [3.63, 3.8) is 0 Å². The summed E-state index contributed by atoms with van der Waals surface area (Å²) < 4.78 is 0. The van der Waals surface area contributed by atoms with Gasteiger partial charge in [0.15, 0.2) is 6.54 Å². The second-order valence-electron chi connectivity index (χ2n) is 4.62. The standard InChI is InChI=1S/C16H16N2O5/c19-15(20)11-18(14-9-5-2-6-10-14)23-16(21)12-17(22)13-7-3-1-4-8-13/h1-10,22H,11-12H2,(H,19,20). The number of carbonyl (C=O) groups excluding carboxylic acids is 1. The number of carbonyl (C=O) groups is 2. The van der Waals surface area contributed by atoms with Crippen molar-refractivity contribution in [3.8, 4) is 0 Å².